The van der Waals surface area contributed by atoms with Crippen LogP contribution in [0.25, 0.3) is 0 Å². The molecule has 0 unspecified atom stereocenters. The zero-order valence-electron chi connectivity index (χ0n) is 8.43. The molecule has 0 spiro atoms. The molecule has 0 amide bonds. The molecule has 0 bridgehead atoms. The zero-order valence-corrected chi connectivity index (χ0v) is 8.43. The molecule has 0 aliphatic rings. The van der Waals surface area contributed by atoms with Crippen molar-refractivity contribution in [1.29, 1.82) is 0 Å². The molecule has 3 nitrogen and oxygen atoms in total. The molecule has 0 aliphatic heterocycles. The molecule has 1 aromatic carbocycles. The fraction of sp³-hybridized carbons (Fsp3) is 0.0833. The molecule has 0 radical (unpaired) electrons. The van der Waals surface area contributed by atoms with Crippen molar-refractivity contribution in [2.45, 2.75) is 6.42 Å². The summed E-state index contributed by atoms with van der Waals surface area (Å²) in [4.78, 5) is 19.6. The minimum Gasteiger partial charge on any atom is -0.294 e. The van der Waals surface area contributed by atoms with E-state index in [0.717, 1.165) is 0 Å². The number of aromatic nitrogens is 2. The first kappa shape index (κ1) is 10.4. The molecular formula is C12H9FN2O. The SMILES string of the molecule is O=C(Cc1ncccn1)c1ccccc1F. The van der Waals surface area contributed by atoms with Crippen molar-refractivity contribution in [3.63, 3.8) is 0 Å². The van der Waals surface area contributed by atoms with Crippen LogP contribution in [0.2, 0.25) is 0 Å². The average Bonchev–Trinajstić information content (AvgIpc) is 2.31. The maximum absolute atomic E-state index is 13.3. The van der Waals surface area contributed by atoms with E-state index < -0.39 is 5.82 Å². The molecule has 0 N–H and O–H groups in total. The Morgan fingerprint density at radius 3 is 2.50 bits per heavy atom. The van der Waals surface area contributed by atoms with Crippen molar-refractivity contribution in [3.8, 4) is 0 Å². The van der Waals surface area contributed by atoms with Crippen molar-refractivity contribution in [1.82, 2.24) is 9.97 Å². The summed E-state index contributed by atoms with van der Waals surface area (Å²) in [5, 5.41) is 0. The highest BCUT2D eigenvalue weighted by Crippen LogP contribution is 2.09. The summed E-state index contributed by atoms with van der Waals surface area (Å²) in [7, 11) is 0. The molecule has 0 atom stereocenters. The van der Waals surface area contributed by atoms with Crippen molar-refractivity contribution < 1.29 is 9.18 Å². The third-order valence-corrected chi connectivity index (χ3v) is 2.11. The van der Waals surface area contributed by atoms with Crippen molar-refractivity contribution >= 4 is 5.78 Å². The lowest BCUT2D eigenvalue weighted by Gasteiger charge is -2.00. The lowest BCUT2D eigenvalue weighted by Crippen LogP contribution is -2.08. The predicted molar refractivity (Wildman–Crippen MR) is 56.5 cm³/mol. The third-order valence-electron chi connectivity index (χ3n) is 2.11. The number of benzene rings is 1. The van der Waals surface area contributed by atoms with Crippen molar-refractivity contribution in [2.24, 2.45) is 0 Å². The highest BCUT2D eigenvalue weighted by atomic mass is 19.1. The van der Waals surface area contributed by atoms with E-state index in [4.69, 9.17) is 0 Å². The Labute approximate surface area is 92.0 Å². The topological polar surface area (TPSA) is 42.9 Å². The third kappa shape index (κ3) is 2.28. The number of rotatable bonds is 3. The van der Waals surface area contributed by atoms with E-state index >= 15 is 0 Å². The summed E-state index contributed by atoms with van der Waals surface area (Å²) in [6.07, 6.45) is 3.12. The highest BCUT2D eigenvalue weighted by Gasteiger charge is 2.12. The summed E-state index contributed by atoms with van der Waals surface area (Å²) in [5.41, 5.74) is 0.0787. The first-order valence-corrected chi connectivity index (χ1v) is 4.81. The van der Waals surface area contributed by atoms with Gasteiger partial charge in [-0.2, -0.15) is 0 Å². The standard InChI is InChI=1S/C12H9FN2O/c13-10-5-2-1-4-9(10)11(16)8-12-14-6-3-7-15-12/h1-7H,8H2. The smallest absolute Gasteiger partial charge is 0.173 e. The van der Waals surface area contributed by atoms with Gasteiger partial charge < -0.3 is 0 Å². The number of carbonyl (C=O) groups is 1. The van der Waals surface area contributed by atoms with Gasteiger partial charge in [-0.15, -0.1) is 0 Å². The molecule has 1 heterocycles. The Hall–Kier alpha value is -2.10. The number of hydrogen-bond donors (Lipinski definition) is 0. The van der Waals surface area contributed by atoms with Gasteiger partial charge in [-0.3, -0.25) is 4.79 Å². The Morgan fingerprint density at radius 1 is 1.12 bits per heavy atom. The average molecular weight is 216 g/mol. The van der Waals surface area contributed by atoms with Gasteiger partial charge in [0.05, 0.1) is 12.0 Å². The lowest BCUT2D eigenvalue weighted by molar-refractivity contribution is 0.0987. The van der Waals surface area contributed by atoms with Crippen molar-refractivity contribution in [2.75, 3.05) is 0 Å². The van der Waals surface area contributed by atoms with Crippen LogP contribution in [0, 0.1) is 5.82 Å². The van der Waals surface area contributed by atoms with E-state index in [1.807, 2.05) is 0 Å². The summed E-state index contributed by atoms with van der Waals surface area (Å²) in [6.45, 7) is 0. The van der Waals surface area contributed by atoms with Gasteiger partial charge >= 0.3 is 0 Å². The molecule has 4 heteroatoms. The molecule has 80 valence electrons. The van der Waals surface area contributed by atoms with Crippen LogP contribution in [0.3, 0.4) is 0 Å². The van der Waals surface area contributed by atoms with E-state index in [-0.39, 0.29) is 17.8 Å². The molecule has 0 saturated carbocycles. The van der Waals surface area contributed by atoms with Crippen LogP contribution in [0.15, 0.2) is 42.7 Å². The largest absolute Gasteiger partial charge is 0.294 e. The van der Waals surface area contributed by atoms with Crippen LogP contribution < -0.4 is 0 Å². The molecule has 16 heavy (non-hydrogen) atoms. The van der Waals surface area contributed by atoms with E-state index in [2.05, 4.69) is 9.97 Å². The highest BCUT2D eigenvalue weighted by molar-refractivity contribution is 5.97. The molecular weight excluding hydrogens is 207 g/mol. The Balaban J connectivity index is 2.19. The van der Waals surface area contributed by atoms with E-state index in [9.17, 15) is 9.18 Å². The maximum Gasteiger partial charge on any atom is 0.173 e. The number of hydrogen-bond acceptors (Lipinski definition) is 3. The quantitative estimate of drug-likeness (QED) is 0.737. The van der Waals surface area contributed by atoms with Crippen LogP contribution in [0.4, 0.5) is 4.39 Å². The van der Waals surface area contributed by atoms with E-state index in [1.54, 1.807) is 30.6 Å². The fourth-order valence-corrected chi connectivity index (χ4v) is 1.35. The summed E-state index contributed by atoms with van der Waals surface area (Å²) < 4.78 is 13.3. The summed E-state index contributed by atoms with van der Waals surface area (Å²) in [6, 6.07) is 7.56. The Bertz CT molecular complexity index is 499. The molecule has 0 fully saturated rings. The number of Topliss-reactive ketones (excluding diaryl/α,β-unsaturated/α-hetero) is 1. The Kier molecular flexibility index (Phi) is 3.00. The van der Waals surface area contributed by atoms with Gasteiger partial charge in [0.1, 0.15) is 11.6 Å². The number of carbonyl (C=O) groups excluding carboxylic acids is 1. The minimum atomic E-state index is -0.511. The van der Waals surface area contributed by atoms with Gasteiger partial charge in [-0.25, -0.2) is 14.4 Å². The first-order valence-electron chi connectivity index (χ1n) is 4.81. The van der Waals surface area contributed by atoms with E-state index in [0.29, 0.717) is 5.82 Å². The van der Waals surface area contributed by atoms with Gasteiger partial charge in [0.15, 0.2) is 5.78 Å². The second-order valence-corrected chi connectivity index (χ2v) is 3.24. The lowest BCUT2D eigenvalue weighted by atomic mass is 10.1. The molecule has 1 aromatic heterocycles. The van der Waals surface area contributed by atoms with Crippen LogP contribution in [0.5, 0.6) is 0 Å². The van der Waals surface area contributed by atoms with Gasteiger partial charge in [-0.1, -0.05) is 12.1 Å². The summed E-state index contributed by atoms with van der Waals surface area (Å²) >= 11 is 0. The van der Waals surface area contributed by atoms with Gasteiger partial charge in [-0.05, 0) is 18.2 Å². The van der Waals surface area contributed by atoms with Crippen LogP contribution in [-0.4, -0.2) is 15.8 Å². The van der Waals surface area contributed by atoms with Crippen LogP contribution in [-0.2, 0) is 6.42 Å². The first-order chi connectivity index (χ1) is 7.77. The predicted octanol–water partition coefficient (Wildman–Crippen LogP) is 2.04. The fourth-order valence-electron chi connectivity index (χ4n) is 1.35. The molecule has 2 rings (SSSR count). The molecule has 0 aliphatic carbocycles. The maximum atomic E-state index is 13.3. The summed E-state index contributed by atoms with van der Waals surface area (Å²) in [5.74, 6) is -0.427. The zero-order chi connectivity index (χ0) is 11.4. The van der Waals surface area contributed by atoms with Gasteiger partial charge in [0.2, 0.25) is 0 Å². The molecule has 0 saturated heterocycles. The van der Waals surface area contributed by atoms with E-state index in [1.165, 1.54) is 12.1 Å². The molecule has 2 aromatic rings. The second-order valence-electron chi connectivity index (χ2n) is 3.24. The Morgan fingerprint density at radius 2 is 1.81 bits per heavy atom. The van der Waals surface area contributed by atoms with Crippen LogP contribution in [0.1, 0.15) is 16.2 Å². The number of nitrogens with zero attached hydrogens (tertiary/aromatic N) is 2. The normalized spacial score (nSPS) is 10.1. The van der Waals surface area contributed by atoms with Gasteiger partial charge in [0.25, 0.3) is 0 Å². The second kappa shape index (κ2) is 4.61. The van der Waals surface area contributed by atoms with Gasteiger partial charge in [0, 0.05) is 12.4 Å². The van der Waals surface area contributed by atoms with Crippen LogP contribution >= 0.6 is 0 Å². The minimum absolute atomic E-state index is 0.0156. The monoisotopic (exact) mass is 216 g/mol. The van der Waals surface area contributed by atoms with Crippen molar-refractivity contribution in [3.05, 3.63) is 59.9 Å². The number of halogens is 1. The number of ketones is 1.